The molecular formula is C22H54Cl8N8. The van der Waals surface area contributed by atoms with Crippen molar-refractivity contribution >= 4 is 99.3 Å². The molecule has 0 aromatic heterocycles. The van der Waals surface area contributed by atoms with Crippen LogP contribution in [-0.4, -0.2) is 78.5 Å². The highest BCUT2D eigenvalue weighted by Gasteiger charge is 1.96. The van der Waals surface area contributed by atoms with Gasteiger partial charge in [0.05, 0.1) is 0 Å². The average molecular weight is 714 g/mol. The molecule has 0 spiro atoms. The van der Waals surface area contributed by atoms with Gasteiger partial charge in [-0.25, -0.2) is 0 Å². The van der Waals surface area contributed by atoms with Crippen LogP contribution in [0.4, 0.5) is 0 Å². The maximum Gasteiger partial charge on any atom is 0.0206 e. The van der Waals surface area contributed by atoms with Crippen molar-refractivity contribution in [3.8, 4) is 0 Å². The van der Waals surface area contributed by atoms with Gasteiger partial charge < -0.3 is 43.4 Å². The molecule has 38 heavy (non-hydrogen) atoms. The Hall–Kier alpha value is 1.22. The first-order chi connectivity index (χ1) is 14.9. The zero-order valence-electron chi connectivity index (χ0n) is 22.0. The molecule has 1 aromatic carbocycles. The summed E-state index contributed by atoms with van der Waals surface area (Å²) in [6.45, 7) is 13.2. The fourth-order valence-corrected chi connectivity index (χ4v) is 2.97. The maximum absolute atomic E-state index is 5.44. The smallest absolute Gasteiger partial charge is 0.0206 e. The first-order valence-corrected chi connectivity index (χ1v) is 11.6. The van der Waals surface area contributed by atoms with E-state index in [-0.39, 0.29) is 99.3 Å². The molecule has 0 aliphatic heterocycles. The van der Waals surface area contributed by atoms with E-state index in [1.165, 1.54) is 11.1 Å². The summed E-state index contributed by atoms with van der Waals surface area (Å²) < 4.78 is 0. The molecule has 0 radical (unpaired) electrons. The molecule has 1 rings (SSSR count). The van der Waals surface area contributed by atoms with Crippen LogP contribution < -0.4 is 43.4 Å². The van der Waals surface area contributed by atoms with E-state index in [1.807, 2.05) is 0 Å². The molecule has 0 saturated heterocycles. The average Bonchev–Trinajstić information content (AvgIpc) is 2.77. The zero-order valence-corrected chi connectivity index (χ0v) is 28.6. The molecule has 0 unspecified atom stereocenters. The highest BCUT2D eigenvalue weighted by molar-refractivity contribution is 5.86. The summed E-state index contributed by atoms with van der Waals surface area (Å²) >= 11 is 0. The van der Waals surface area contributed by atoms with Crippen molar-refractivity contribution in [3.05, 3.63) is 35.4 Å². The van der Waals surface area contributed by atoms with E-state index >= 15 is 0 Å². The van der Waals surface area contributed by atoms with Crippen LogP contribution in [0, 0.1) is 0 Å². The van der Waals surface area contributed by atoms with Crippen LogP contribution in [0.15, 0.2) is 24.3 Å². The second kappa shape index (κ2) is 48.0. The summed E-state index contributed by atoms with van der Waals surface area (Å²) in [5.41, 5.74) is 13.5. The van der Waals surface area contributed by atoms with E-state index in [2.05, 4.69) is 56.2 Å². The van der Waals surface area contributed by atoms with Gasteiger partial charge in [0.15, 0.2) is 0 Å². The highest BCUT2D eigenvalue weighted by atomic mass is 35.5. The minimum Gasteiger partial charge on any atom is -0.329 e. The van der Waals surface area contributed by atoms with Crippen molar-refractivity contribution in [2.24, 2.45) is 11.5 Å². The number of nitrogens with one attached hydrogen (secondary N) is 6. The third-order valence-corrected chi connectivity index (χ3v) is 4.69. The molecule has 0 amide bonds. The molecular weight excluding hydrogens is 660 g/mol. The molecule has 16 heteroatoms. The first kappa shape index (κ1) is 58.8. The minimum absolute atomic E-state index is 0. The van der Waals surface area contributed by atoms with E-state index in [9.17, 15) is 0 Å². The first-order valence-electron chi connectivity index (χ1n) is 11.6. The van der Waals surface area contributed by atoms with Crippen LogP contribution in [0.25, 0.3) is 0 Å². The van der Waals surface area contributed by atoms with Gasteiger partial charge in [-0.3, -0.25) is 0 Å². The Morgan fingerprint density at radius 1 is 0.368 bits per heavy atom. The van der Waals surface area contributed by atoms with Crippen molar-refractivity contribution in [3.63, 3.8) is 0 Å². The summed E-state index contributed by atoms with van der Waals surface area (Å²) in [6, 6.07) is 8.86. The molecule has 0 bridgehead atoms. The predicted molar refractivity (Wildman–Crippen MR) is 187 cm³/mol. The largest absolute Gasteiger partial charge is 0.329 e. The Kier molecular flexibility index (Phi) is 74.2. The summed E-state index contributed by atoms with van der Waals surface area (Å²) in [4.78, 5) is 0. The number of hydrogen-bond acceptors (Lipinski definition) is 8. The van der Waals surface area contributed by atoms with E-state index in [0.29, 0.717) is 13.1 Å². The lowest BCUT2D eigenvalue weighted by Crippen LogP contribution is -2.30. The van der Waals surface area contributed by atoms with Crippen LogP contribution in [0.3, 0.4) is 0 Å². The second-order valence-electron chi connectivity index (χ2n) is 7.45. The number of rotatable bonds is 22. The fraction of sp³-hybridized carbons (Fsp3) is 0.727. The third kappa shape index (κ3) is 39.4. The van der Waals surface area contributed by atoms with Gasteiger partial charge >= 0.3 is 0 Å². The van der Waals surface area contributed by atoms with E-state index < -0.39 is 0 Å². The zero-order chi connectivity index (χ0) is 21.5. The van der Waals surface area contributed by atoms with Gasteiger partial charge in [-0.15, -0.1) is 99.3 Å². The Morgan fingerprint density at radius 3 is 0.921 bits per heavy atom. The second-order valence-corrected chi connectivity index (χ2v) is 7.45. The van der Waals surface area contributed by atoms with E-state index in [0.717, 1.165) is 91.4 Å². The van der Waals surface area contributed by atoms with Gasteiger partial charge in [0, 0.05) is 65.4 Å². The molecule has 0 heterocycles. The van der Waals surface area contributed by atoms with Gasteiger partial charge in [0.25, 0.3) is 0 Å². The van der Waals surface area contributed by atoms with Crippen molar-refractivity contribution in [1.29, 1.82) is 0 Å². The highest BCUT2D eigenvalue weighted by Crippen LogP contribution is 2.03. The fourth-order valence-electron chi connectivity index (χ4n) is 2.97. The Morgan fingerprint density at radius 2 is 0.632 bits per heavy atom. The van der Waals surface area contributed by atoms with Crippen molar-refractivity contribution in [1.82, 2.24) is 31.9 Å². The van der Waals surface area contributed by atoms with Crippen LogP contribution in [-0.2, 0) is 13.1 Å². The van der Waals surface area contributed by atoms with Gasteiger partial charge in [0.1, 0.15) is 0 Å². The normalized spacial score (nSPS) is 8.89. The van der Waals surface area contributed by atoms with Crippen LogP contribution in [0.1, 0.15) is 24.0 Å². The number of halogens is 8. The lowest BCUT2D eigenvalue weighted by atomic mass is 10.1. The molecule has 0 fully saturated rings. The van der Waals surface area contributed by atoms with Gasteiger partial charge in [0.2, 0.25) is 0 Å². The van der Waals surface area contributed by atoms with Crippen LogP contribution in [0.5, 0.6) is 0 Å². The van der Waals surface area contributed by atoms with Gasteiger partial charge in [-0.1, -0.05) is 24.3 Å². The topological polar surface area (TPSA) is 124 Å². The monoisotopic (exact) mass is 710 g/mol. The summed E-state index contributed by atoms with van der Waals surface area (Å²) in [6.07, 6.45) is 2.27. The van der Waals surface area contributed by atoms with Crippen LogP contribution >= 0.6 is 99.3 Å². The van der Waals surface area contributed by atoms with Crippen molar-refractivity contribution in [2.75, 3.05) is 78.5 Å². The Balaban J connectivity index is -0.000000187. The molecule has 238 valence electrons. The quantitative estimate of drug-likeness (QED) is 0.0863. The molecule has 1 aromatic rings. The number of hydrogen-bond donors (Lipinski definition) is 8. The number of benzene rings is 1. The molecule has 0 aliphatic rings. The summed E-state index contributed by atoms with van der Waals surface area (Å²) in [7, 11) is 0. The minimum atomic E-state index is 0. The molecule has 10 N–H and O–H groups in total. The van der Waals surface area contributed by atoms with Crippen molar-refractivity contribution < 1.29 is 0 Å². The molecule has 0 aliphatic carbocycles. The molecule has 8 nitrogen and oxygen atoms in total. The van der Waals surface area contributed by atoms with Crippen LogP contribution in [0.2, 0.25) is 0 Å². The molecule has 0 atom stereocenters. The summed E-state index contributed by atoms with van der Waals surface area (Å²) in [5.74, 6) is 0. The van der Waals surface area contributed by atoms with E-state index in [1.54, 1.807) is 0 Å². The standard InChI is InChI=1S/C22H46N8.8ClH/c23-7-13-25-9-1-11-27-15-17-29-19-21-3-5-22(6-4-21)20-30-18-16-28-12-2-10-26-14-8-24;;;;;;;;/h3-6,25-30H,1-2,7-20,23-24H2;8*1H. The summed E-state index contributed by atoms with van der Waals surface area (Å²) in [5, 5.41) is 20.5. The lowest BCUT2D eigenvalue weighted by molar-refractivity contribution is 0.573. The Bertz CT molecular complexity index is 454. The lowest BCUT2D eigenvalue weighted by Gasteiger charge is -2.09. The van der Waals surface area contributed by atoms with Gasteiger partial charge in [-0.2, -0.15) is 0 Å². The predicted octanol–water partition coefficient (Wildman–Crippen LogP) is 2.30. The van der Waals surface area contributed by atoms with Crippen molar-refractivity contribution in [2.45, 2.75) is 25.9 Å². The molecule has 0 saturated carbocycles. The SMILES string of the molecule is Cl.Cl.Cl.Cl.Cl.Cl.Cl.Cl.NCCNCCCNCCNCc1ccc(CNCCNCCCNCCN)cc1. The number of nitrogens with two attached hydrogens (primary N) is 2. The van der Waals surface area contributed by atoms with E-state index in [4.69, 9.17) is 11.5 Å². The maximum atomic E-state index is 5.44. The van der Waals surface area contributed by atoms with Gasteiger partial charge in [-0.05, 0) is 50.1 Å². The Labute approximate surface area is 280 Å². The third-order valence-electron chi connectivity index (χ3n) is 4.69.